The third-order valence-corrected chi connectivity index (χ3v) is 2.72. The normalized spacial score (nSPS) is 33.2. The summed E-state index contributed by atoms with van der Waals surface area (Å²) in [6, 6.07) is 0. The third-order valence-electron chi connectivity index (χ3n) is 2.72. The van der Waals surface area contributed by atoms with E-state index in [4.69, 9.17) is 4.74 Å². The van der Waals surface area contributed by atoms with Crippen LogP contribution in [0.2, 0.25) is 0 Å². The zero-order valence-corrected chi connectivity index (χ0v) is 8.60. The van der Waals surface area contributed by atoms with Crippen molar-refractivity contribution >= 4 is 0 Å². The molecule has 2 nitrogen and oxygen atoms in total. The van der Waals surface area contributed by atoms with Gasteiger partial charge in [0.1, 0.15) is 0 Å². The largest absolute Gasteiger partial charge is 0.374 e. The monoisotopic (exact) mass is 171 g/mol. The van der Waals surface area contributed by atoms with Gasteiger partial charge in [-0.25, -0.2) is 0 Å². The highest BCUT2D eigenvalue weighted by atomic mass is 16.5. The van der Waals surface area contributed by atoms with Crippen molar-refractivity contribution in [3.8, 4) is 0 Å². The molecule has 0 aliphatic carbocycles. The second-order valence-corrected chi connectivity index (χ2v) is 4.10. The summed E-state index contributed by atoms with van der Waals surface area (Å²) >= 11 is 0. The number of rotatable bonds is 2. The first-order valence-electron chi connectivity index (χ1n) is 4.99. The van der Waals surface area contributed by atoms with E-state index in [9.17, 15) is 0 Å². The van der Waals surface area contributed by atoms with Gasteiger partial charge in [-0.1, -0.05) is 13.3 Å². The first-order chi connectivity index (χ1) is 5.66. The highest BCUT2D eigenvalue weighted by molar-refractivity contribution is 4.78. The Morgan fingerprint density at radius 3 is 2.83 bits per heavy atom. The van der Waals surface area contributed by atoms with E-state index >= 15 is 0 Å². The number of hydrogen-bond acceptors (Lipinski definition) is 2. The number of ether oxygens (including phenoxy) is 1. The molecular weight excluding hydrogens is 150 g/mol. The topological polar surface area (TPSA) is 12.5 Å². The molecule has 0 amide bonds. The zero-order chi connectivity index (χ0) is 9.03. The maximum absolute atomic E-state index is 5.86. The van der Waals surface area contributed by atoms with Crippen molar-refractivity contribution in [2.45, 2.75) is 38.7 Å². The molecule has 0 saturated carbocycles. The van der Waals surface area contributed by atoms with Crippen molar-refractivity contribution in [1.82, 2.24) is 4.90 Å². The quantitative estimate of drug-likeness (QED) is 0.629. The first-order valence-corrected chi connectivity index (χ1v) is 4.99. The van der Waals surface area contributed by atoms with E-state index < -0.39 is 0 Å². The predicted molar refractivity (Wildman–Crippen MR) is 51.4 cm³/mol. The van der Waals surface area contributed by atoms with Gasteiger partial charge in [-0.15, -0.1) is 0 Å². The van der Waals surface area contributed by atoms with Crippen LogP contribution in [0.3, 0.4) is 0 Å². The van der Waals surface area contributed by atoms with Gasteiger partial charge in [-0.3, -0.25) is 0 Å². The maximum Gasteiger partial charge on any atom is 0.0667 e. The highest BCUT2D eigenvalue weighted by Crippen LogP contribution is 2.23. The number of likely N-dealkylation sites (N-methyl/N-ethyl adjacent to an activating group) is 1. The van der Waals surface area contributed by atoms with Gasteiger partial charge in [0.2, 0.25) is 0 Å². The lowest BCUT2D eigenvalue weighted by Crippen LogP contribution is -2.29. The highest BCUT2D eigenvalue weighted by Gasteiger charge is 2.26. The van der Waals surface area contributed by atoms with Gasteiger partial charge >= 0.3 is 0 Å². The van der Waals surface area contributed by atoms with Crippen molar-refractivity contribution < 1.29 is 4.74 Å². The van der Waals surface area contributed by atoms with E-state index in [1.54, 1.807) is 0 Å². The maximum atomic E-state index is 5.86. The molecule has 1 aliphatic heterocycles. The molecule has 1 saturated heterocycles. The summed E-state index contributed by atoms with van der Waals surface area (Å²) in [5.74, 6) is 0. The molecule has 12 heavy (non-hydrogen) atoms. The Labute approximate surface area is 75.9 Å². The lowest BCUT2D eigenvalue weighted by molar-refractivity contribution is -0.0300. The first kappa shape index (κ1) is 10.0. The molecule has 1 atom stereocenters. The average molecular weight is 171 g/mol. The fourth-order valence-corrected chi connectivity index (χ4v) is 1.79. The molecule has 2 heteroatoms. The van der Waals surface area contributed by atoms with Gasteiger partial charge in [0.05, 0.1) is 12.2 Å². The van der Waals surface area contributed by atoms with Crippen molar-refractivity contribution in [2.75, 3.05) is 26.7 Å². The minimum absolute atomic E-state index is 0.152. The van der Waals surface area contributed by atoms with Gasteiger partial charge < -0.3 is 9.64 Å². The van der Waals surface area contributed by atoms with Crippen molar-refractivity contribution in [3.63, 3.8) is 0 Å². The Bertz CT molecular complexity index is 138. The minimum Gasteiger partial charge on any atom is -0.374 e. The second kappa shape index (κ2) is 4.24. The van der Waals surface area contributed by atoms with Crippen LogP contribution in [0.1, 0.15) is 33.1 Å². The van der Waals surface area contributed by atoms with Gasteiger partial charge in [-0.2, -0.15) is 0 Å². The lowest BCUT2D eigenvalue weighted by Gasteiger charge is -2.27. The lowest BCUT2D eigenvalue weighted by atomic mass is 9.96. The van der Waals surface area contributed by atoms with E-state index in [0.717, 1.165) is 13.2 Å². The van der Waals surface area contributed by atoms with Gasteiger partial charge in [0.25, 0.3) is 0 Å². The van der Waals surface area contributed by atoms with Crippen LogP contribution in [0.15, 0.2) is 0 Å². The van der Waals surface area contributed by atoms with E-state index in [2.05, 4.69) is 25.8 Å². The fourth-order valence-electron chi connectivity index (χ4n) is 1.79. The molecule has 0 N–H and O–H groups in total. The summed E-state index contributed by atoms with van der Waals surface area (Å²) in [4.78, 5) is 2.35. The Kier molecular flexibility index (Phi) is 3.53. The van der Waals surface area contributed by atoms with Gasteiger partial charge in [-0.05, 0) is 26.8 Å². The molecular formula is C10H21NO. The fraction of sp³-hybridized carbons (Fsp3) is 1.00. The summed E-state index contributed by atoms with van der Waals surface area (Å²) in [5, 5.41) is 0. The molecule has 1 unspecified atom stereocenters. The van der Waals surface area contributed by atoms with Crippen molar-refractivity contribution in [3.05, 3.63) is 0 Å². The summed E-state index contributed by atoms with van der Waals surface area (Å²) in [5.41, 5.74) is 0.152. The van der Waals surface area contributed by atoms with E-state index in [1.165, 1.54) is 25.8 Å². The summed E-state index contributed by atoms with van der Waals surface area (Å²) in [7, 11) is 2.17. The molecule has 0 bridgehead atoms. The molecule has 0 aromatic carbocycles. The summed E-state index contributed by atoms with van der Waals surface area (Å²) < 4.78 is 5.86. The number of hydrogen-bond donors (Lipinski definition) is 0. The third kappa shape index (κ3) is 2.76. The minimum atomic E-state index is 0.152. The van der Waals surface area contributed by atoms with E-state index in [0.29, 0.717) is 0 Å². The molecule has 0 spiro atoms. The van der Waals surface area contributed by atoms with Crippen LogP contribution in [0, 0.1) is 0 Å². The Hall–Kier alpha value is -0.0800. The molecule has 1 rings (SSSR count). The van der Waals surface area contributed by atoms with E-state index in [1.807, 2.05) is 0 Å². The molecule has 1 fully saturated rings. The van der Waals surface area contributed by atoms with Gasteiger partial charge in [0, 0.05) is 13.1 Å². The molecule has 0 aromatic rings. The van der Waals surface area contributed by atoms with Crippen molar-refractivity contribution in [1.29, 1.82) is 0 Å². The predicted octanol–water partition coefficient (Wildman–Crippen LogP) is 1.90. The molecule has 0 aromatic heterocycles. The Balaban J connectivity index is 2.43. The van der Waals surface area contributed by atoms with Crippen LogP contribution in [0.4, 0.5) is 0 Å². The zero-order valence-electron chi connectivity index (χ0n) is 8.60. The Morgan fingerprint density at radius 2 is 2.17 bits per heavy atom. The second-order valence-electron chi connectivity index (χ2n) is 4.10. The standard InChI is InChI=1S/C10H21NO/c1-4-5-10(2)6-7-11(3)8-9-12-10/h4-9H2,1-3H3. The molecule has 1 aliphatic rings. The summed E-state index contributed by atoms with van der Waals surface area (Å²) in [6.07, 6.45) is 3.60. The van der Waals surface area contributed by atoms with Crippen LogP contribution in [-0.2, 0) is 4.74 Å². The SMILES string of the molecule is CCCC1(C)CCN(C)CCO1. The average Bonchev–Trinajstić information content (AvgIpc) is 2.15. The van der Waals surface area contributed by atoms with Crippen LogP contribution >= 0.6 is 0 Å². The molecule has 0 radical (unpaired) electrons. The van der Waals surface area contributed by atoms with Crippen LogP contribution < -0.4 is 0 Å². The molecule has 72 valence electrons. The number of nitrogens with zero attached hydrogens (tertiary/aromatic N) is 1. The van der Waals surface area contributed by atoms with E-state index in [-0.39, 0.29) is 5.60 Å². The van der Waals surface area contributed by atoms with Crippen LogP contribution in [0.25, 0.3) is 0 Å². The van der Waals surface area contributed by atoms with Crippen LogP contribution in [0.5, 0.6) is 0 Å². The molecule has 1 heterocycles. The Morgan fingerprint density at radius 1 is 1.42 bits per heavy atom. The van der Waals surface area contributed by atoms with Crippen LogP contribution in [-0.4, -0.2) is 37.2 Å². The smallest absolute Gasteiger partial charge is 0.0667 e. The summed E-state index contributed by atoms with van der Waals surface area (Å²) in [6.45, 7) is 7.63. The van der Waals surface area contributed by atoms with Gasteiger partial charge in [0.15, 0.2) is 0 Å². The van der Waals surface area contributed by atoms with Crippen molar-refractivity contribution in [2.24, 2.45) is 0 Å².